The van der Waals surface area contributed by atoms with Crippen LogP contribution in [0.2, 0.25) is 5.02 Å². The van der Waals surface area contributed by atoms with Crippen LogP contribution < -0.4 is 0 Å². The maximum atomic E-state index is 6.10. The monoisotopic (exact) mass is 265 g/mol. The maximum absolute atomic E-state index is 6.10. The minimum absolute atomic E-state index is 0.800. The van der Waals surface area contributed by atoms with Crippen molar-refractivity contribution < 1.29 is 0 Å². The lowest BCUT2D eigenvalue weighted by Gasteiger charge is -2.13. The predicted molar refractivity (Wildman–Crippen MR) is 76.9 cm³/mol. The molecule has 17 heavy (non-hydrogen) atoms. The van der Waals surface area contributed by atoms with Crippen LogP contribution in [0, 0.1) is 6.92 Å². The molecule has 0 aliphatic carbocycles. The number of hydrogen-bond donors (Lipinski definition) is 0. The van der Waals surface area contributed by atoms with Crippen molar-refractivity contribution in [2.45, 2.75) is 13.5 Å². The van der Waals surface area contributed by atoms with Crippen molar-refractivity contribution in [3.8, 4) is 10.4 Å². The summed E-state index contributed by atoms with van der Waals surface area (Å²) in [5.74, 6) is 0. The van der Waals surface area contributed by atoms with Gasteiger partial charge < -0.3 is 4.90 Å². The van der Waals surface area contributed by atoms with Crippen molar-refractivity contribution in [1.82, 2.24) is 4.90 Å². The summed E-state index contributed by atoms with van der Waals surface area (Å²) in [6, 6.07) is 10.5. The third-order valence-electron chi connectivity index (χ3n) is 2.56. The molecular weight excluding hydrogens is 250 g/mol. The Bertz CT molecular complexity index is 517. The highest BCUT2D eigenvalue weighted by atomic mass is 35.5. The Morgan fingerprint density at radius 1 is 1.18 bits per heavy atom. The van der Waals surface area contributed by atoms with E-state index in [9.17, 15) is 0 Å². The summed E-state index contributed by atoms with van der Waals surface area (Å²) in [5, 5.41) is 0.800. The average Bonchev–Trinajstić information content (AvgIpc) is 2.67. The molecule has 0 aliphatic heterocycles. The van der Waals surface area contributed by atoms with E-state index in [0.717, 1.165) is 11.6 Å². The van der Waals surface area contributed by atoms with Crippen molar-refractivity contribution in [2.24, 2.45) is 0 Å². The fraction of sp³-hybridized carbons (Fsp3) is 0.286. The lowest BCUT2D eigenvalue weighted by Crippen LogP contribution is -2.11. The molecule has 1 aromatic carbocycles. The van der Waals surface area contributed by atoms with Crippen molar-refractivity contribution in [1.29, 1.82) is 0 Å². The summed E-state index contributed by atoms with van der Waals surface area (Å²) in [5.41, 5.74) is 2.57. The first kappa shape index (κ1) is 12.6. The topological polar surface area (TPSA) is 3.24 Å². The first-order chi connectivity index (χ1) is 8.06. The fourth-order valence-corrected chi connectivity index (χ4v) is 2.93. The highest BCUT2D eigenvalue weighted by molar-refractivity contribution is 7.15. The first-order valence-corrected chi connectivity index (χ1v) is 6.75. The van der Waals surface area contributed by atoms with Gasteiger partial charge >= 0.3 is 0 Å². The van der Waals surface area contributed by atoms with Crippen molar-refractivity contribution in [3.63, 3.8) is 0 Å². The zero-order valence-electron chi connectivity index (χ0n) is 10.3. The summed E-state index contributed by atoms with van der Waals surface area (Å²) in [7, 11) is 4.16. The van der Waals surface area contributed by atoms with Gasteiger partial charge in [0.1, 0.15) is 0 Å². The summed E-state index contributed by atoms with van der Waals surface area (Å²) in [4.78, 5) is 4.80. The zero-order valence-corrected chi connectivity index (χ0v) is 11.9. The predicted octanol–water partition coefficient (Wildman–Crippen LogP) is 4.44. The Morgan fingerprint density at radius 3 is 2.53 bits per heavy atom. The second kappa shape index (κ2) is 5.21. The molecule has 3 heteroatoms. The fourth-order valence-electron chi connectivity index (χ4n) is 1.84. The van der Waals surface area contributed by atoms with Gasteiger partial charge in [-0.05, 0) is 56.4 Å². The molecule has 0 unspecified atom stereocenters. The zero-order chi connectivity index (χ0) is 12.4. The van der Waals surface area contributed by atoms with Crippen LogP contribution in [-0.2, 0) is 6.54 Å². The Hall–Kier alpha value is -0.830. The second-order valence-electron chi connectivity index (χ2n) is 4.45. The van der Waals surface area contributed by atoms with Gasteiger partial charge in [-0.2, -0.15) is 0 Å². The molecule has 0 amide bonds. The van der Waals surface area contributed by atoms with Gasteiger partial charge in [0.15, 0.2) is 0 Å². The Morgan fingerprint density at radius 2 is 1.94 bits per heavy atom. The summed E-state index contributed by atoms with van der Waals surface area (Å²) < 4.78 is 0. The van der Waals surface area contributed by atoms with Crippen LogP contribution in [0.3, 0.4) is 0 Å². The number of benzene rings is 1. The quantitative estimate of drug-likeness (QED) is 0.793. The highest BCUT2D eigenvalue weighted by Crippen LogP contribution is 2.32. The molecule has 2 rings (SSSR count). The molecule has 0 radical (unpaired) electrons. The van der Waals surface area contributed by atoms with Gasteiger partial charge in [0.25, 0.3) is 0 Å². The Balaban J connectivity index is 2.46. The molecule has 0 saturated heterocycles. The van der Waals surface area contributed by atoms with E-state index in [-0.39, 0.29) is 0 Å². The van der Waals surface area contributed by atoms with Gasteiger partial charge in [-0.1, -0.05) is 17.7 Å². The van der Waals surface area contributed by atoms with E-state index in [1.54, 1.807) is 0 Å². The van der Waals surface area contributed by atoms with Crippen LogP contribution in [0.15, 0.2) is 30.3 Å². The largest absolute Gasteiger partial charge is 0.305 e. The SMILES string of the molecule is Cc1ccc(-c2cc(Cl)ccc2CN(C)C)s1. The minimum Gasteiger partial charge on any atom is -0.305 e. The van der Waals surface area contributed by atoms with Crippen LogP contribution in [0.25, 0.3) is 10.4 Å². The van der Waals surface area contributed by atoms with Gasteiger partial charge in [-0.25, -0.2) is 0 Å². The van der Waals surface area contributed by atoms with Crippen molar-refractivity contribution in [2.75, 3.05) is 14.1 Å². The van der Waals surface area contributed by atoms with Crippen LogP contribution in [0.5, 0.6) is 0 Å². The summed E-state index contributed by atoms with van der Waals surface area (Å²) in [6.07, 6.45) is 0. The van der Waals surface area contributed by atoms with Gasteiger partial charge in [-0.15, -0.1) is 11.3 Å². The number of hydrogen-bond acceptors (Lipinski definition) is 2. The molecule has 0 fully saturated rings. The number of rotatable bonds is 3. The van der Waals surface area contributed by atoms with Crippen molar-refractivity contribution >= 4 is 22.9 Å². The van der Waals surface area contributed by atoms with Crippen LogP contribution in [0.1, 0.15) is 10.4 Å². The van der Waals surface area contributed by atoms with E-state index >= 15 is 0 Å². The molecule has 0 saturated carbocycles. The van der Waals surface area contributed by atoms with Gasteiger partial charge in [0, 0.05) is 21.3 Å². The number of nitrogens with zero attached hydrogens (tertiary/aromatic N) is 1. The third-order valence-corrected chi connectivity index (χ3v) is 3.83. The molecule has 0 spiro atoms. The lowest BCUT2D eigenvalue weighted by atomic mass is 10.1. The lowest BCUT2D eigenvalue weighted by molar-refractivity contribution is 0.403. The molecule has 90 valence electrons. The van der Waals surface area contributed by atoms with Crippen LogP contribution in [0.4, 0.5) is 0 Å². The first-order valence-electron chi connectivity index (χ1n) is 5.56. The van der Waals surface area contributed by atoms with E-state index in [2.05, 4.69) is 50.2 Å². The van der Waals surface area contributed by atoms with Gasteiger partial charge in [0.2, 0.25) is 0 Å². The van der Waals surface area contributed by atoms with E-state index in [1.165, 1.54) is 20.9 Å². The summed E-state index contributed by atoms with van der Waals surface area (Å²) >= 11 is 7.91. The third kappa shape index (κ3) is 3.09. The van der Waals surface area contributed by atoms with Gasteiger partial charge in [0.05, 0.1) is 0 Å². The molecule has 0 N–H and O–H groups in total. The molecule has 0 bridgehead atoms. The molecular formula is C14H16ClNS. The minimum atomic E-state index is 0.800. The number of aryl methyl sites for hydroxylation is 1. The van der Waals surface area contributed by atoms with Crippen molar-refractivity contribution in [3.05, 3.63) is 45.8 Å². The molecule has 0 aliphatic rings. The Labute approximate surface area is 112 Å². The average molecular weight is 266 g/mol. The Kier molecular flexibility index (Phi) is 3.87. The van der Waals surface area contributed by atoms with Crippen LogP contribution in [-0.4, -0.2) is 19.0 Å². The maximum Gasteiger partial charge on any atom is 0.0412 e. The number of halogens is 1. The smallest absolute Gasteiger partial charge is 0.0412 e. The molecule has 0 atom stereocenters. The van der Waals surface area contributed by atoms with E-state index in [0.29, 0.717) is 0 Å². The molecule has 1 nitrogen and oxygen atoms in total. The summed E-state index contributed by atoms with van der Waals surface area (Å²) in [6.45, 7) is 3.06. The number of thiophene rings is 1. The molecule has 1 aromatic heterocycles. The second-order valence-corrected chi connectivity index (χ2v) is 6.17. The van der Waals surface area contributed by atoms with E-state index < -0.39 is 0 Å². The highest BCUT2D eigenvalue weighted by Gasteiger charge is 2.08. The molecule has 2 aromatic rings. The van der Waals surface area contributed by atoms with Crippen LogP contribution >= 0.6 is 22.9 Å². The normalized spacial score (nSPS) is 11.1. The standard InChI is InChI=1S/C14H16ClNS/c1-10-4-7-14(17-10)13-8-12(15)6-5-11(13)9-16(2)3/h4-8H,9H2,1-3H3. The van der Waals surface area contributed by atoms with Gasteiger partial charge in [-0.3, -0.25) is 0 Å². The van der Waals surface area contributed by atoms with E-state index in [4.69, 9.17) is 11.6 Å². The van der Waals surface area contributed by atoms with E-state index in [1.807, 2.05) is 17.4 Å². The molecule has 1 heterocycles.